The minimum absolute atomic E-state index is 0.197. The van der Waals surface area contributed by atoms with E-state index in [0.717, 1.165) is 74.3 Å². The number of aliphatic hydroxyl groups is 2. The van der Waals surface area contributed by atoms with E-state index in [0.29, 0.717) is 6.42 Å². The van der Waals surface area contributed by atoms with E-state index in [1.807, 2.05) is 25.1 Å². The molecule has 6 heteroatoms. The van der Waals surface area contributed by atoms with Gasteiger partial charge in [0.2, 0.25) is 0 Å². The first-order valence-corrected chi connectivity index (χ1v) is 12.1. The third kappa shape index (κ3) is 4.86. The molecule has 0 saturated heterocycles. The van der Waals surface area contributed by atoms with Crippen molar-refractivity contribution in [1.82, 2.24) is 10.3 Å². The number of halogens is 2. The van der Waals surface area contributed by atoms with E-state index in [1.54, 1.807) is 0 Å². The lowest BCUT2D eigenvalue weighted by Gasteiger charge is -2.53. The van der Waals surface area contributed by atoms with Crippen molar-refractivity contribution in [2.45, 2.75) is 82.5 Å². The predicted octanol–water partition coefficient (Wildman–Crippen LogP) is 5.07. The summed E-state index contributed by atoms with van der Waals surface area (Å²) < 4.78 is 13.6. The van der Waals surface area contributed by atoms with Crippen LogP contribution in [0.3, 0.4) is 0 Å². The zero-order valence-electron chi connectivity index (χ0n) is 18.8. The van der Waals surface area contributed by atoms with Gasteiger partial charge in [0.05, 0.1) is 18.4 Å². The zero-order chi connectivity index (χ0) is 22.8. The molecule has 0 radical (unpaired) electrons. The summed E-state index contributed by atoms with van der Waals surface area (Å²) >= 11 is 6.26. The molecule has 2 fully saturated rings. The van der Waals surface area contributed by atoms with Crippen molar-refractivity contribution in [2.24, 2.45) is 5.41 Å². The molecule has 2 atom stereocenters. The van der Waals surface area contributed by atoms with Crippen LogP contribution in [-0.2, 0) is 12.0 Å². The first-order chi connectivity index (χ1) is 15.3. The van der Waals surface area contributed by atoms with Gasteiger partial charge in [-0.3, -0.25) is 4.98 Å². The van der Waals surface area contributed by atoms with Crippen LogP contribution in [0.1, 0.15) is 68.2 Å². The molecule has 0 aliphatic heterocycles. The quantitative estimate of drug-likeness (QED) is 0.527. The molecule has 2 unspecified atom stereocenters. The highest BCUT2D eigenvalue weighted by Crippen LogP contribution is 2.55. The molecule has 0 bridgehead atoms. The topological polar surface area (TPSA) is 65.4 Å². The minimum atomic E-state index is -0.356. The second-order valence-corrected chi connectivity index (χ2v) is 10.3. The molecule has 32 heavy (non-hydrogen) atoms. The molecule has 1 aromatic carbocycles. The number of hydrogen-bond acceptors (Lipinski definition) is 4. The maximum Gasteiger partial charge on any atom is 0.141 e. The van der Waals surface area contributed by atoms with Crippen LogP contribution in [0.5, 0.6) is 0 Å². The van der Waals surface area contributed by atoms with E-state index in [2.05, 4.69) is 16.4 Å². The summed E-state index contributed by atoms with van der Waals surface area (Å²) in [5.41, 5.74) is 2.78. The molecule has 2 aliphatic carbocycles. The Kier molecular flexibility index (Phi) is 7.21. The van der Waals surface area contributed by atoms with Crippen LogP contribution in [-0.4, -0.2) is 33.9 Å². The van der Waals surface area contributed by atoms with Crippen molar-refractivity contribution in [3.8, 4) is 0 Å². The maximum atomic E-state index is 13.6. The van der Waals surface area contributed by atoms with Crippen LogP contribution < -0.4 is 5.32 Å². The van der Waals surface area contributed by atoms with Gasteiger partial charge in [-0.25, -0.2) is 4.39 Å². The van der Waals surface area contributed by atoms with Gasteiger partial charge in [-0.2, -0.15) is 0 Å². The Morgan fingerprint density at radius 3 is 2.62 bits per heavy atom. The van der Waals surface area contributed by atoms with E-state index >= 15 is 0 Å². The van der Waals surface area contributed by atoms with Crippen LogP contribution >= 0.6 is 11.6 Å². The highest BCUT2D eigenvalue weighted by atomic mass is 35.5. The fourth-order valence-corrected chi connectivity index (χ4v) is 6.12. The number of nitrogens with zero attached hydrogens (tertiary/aromatic N) is 1. The summed E-state index contributed by atoms with van der Waals surface area (Å²) in [5, 5.41) is 25.4. The van der Waals surface area contributed by atoms with Gasteiger partial charge in [0.15, 0.2) is 0 Å². The molecule has 3 N–H and O–H groups in total. The number of aromatic nitrogens is 1. The zero-order valence-corrected chi connectivity index (χ0v) is 19.5. The third-order valence-electron chi connectivity index (χ3n) is 7.99. The molecular weight excluding hydrogens is 427 g/mol. The van der Waals surface area contributed by atoms with E-state index < -0.39 is 0 Å². The number of rotatable bonds is 6. The minimum Gasteiger partial charge on any atom is -0.393 e. The highest BCUT2D eigenvalue weighted by Gasteiger charge is 2.51. The van der Waals surface area contributed by atoms with Gasteiger partial charge in [0.1, 0.15) is 5.82 Å². The van der Waals surface area contributed by atoms with E-state index in [-0.39, 0.29) is 28.9 Å². The van der Waals surface area contributed by atoms with Crippen LogP contribution in [0.15, 0.2) is 36.5 Å². The Bertz CT molecular complexity index is 915. The normalized spacial score (nSPS) is 30.5. The summed E-state index contributed by atoms with van der Waals surface area (Å²) in [6.45, 7) is 3.56. The summed E-state index contributed by atoms with van der Waals surface area (Å²) in [7, 11) is 0. The largest absolute Gasteiger partial charge is 0.393 e. The van der Waals surface area contributed by atoms with Gasteiger partial charge in [-0.05, 0) is 99.6 Å². The van der Waals surface area contributed by atoms with Crippen molar-refractivity contribution in [3.05, 3.63) is 64.2 Å². The van der Waals surface area contributed by atoms with Crippen molar-refractivity contribution >= 4 is 11.6 Å². The van der Waals surface area contributed by atoms with Gasteiger partial charge in [0, 0.05) is 22.7 Å². The summed E-state index contributed by atoms with van der Waals surface area (Å²) in [4.78, 5) is 4.50. The Balaban J connectivity index is 1.52. The summed E-state index contributed by atoms with van der Waals surface area (Å²) in [6.07, 6.45) is 7.03. The molecule has 1 spiro atoms. The number of benzene rings is 1. The number of hydrogen-bond donors (Lipinski definition) is 3. The highest BCUT2D eigenvalue weighted by molar-refractivity contribution is 6.31. The lowest BCUT2D eigenvalue weighted by molar-refractivity contribution is -0.0831. The van der Waals surface area contributed by atoms with Gasteiger partial charge in [0.25, 0.3) is 0 Å². The van der Waals surface area contributed by atoms with Crippen LogP contribution in [0.25, 0.3) is 0 Å². The summed E-state index contributed by atoms with van der Waals surface area (Å²) in [5.74, 6) is -0.329. The second-order valence-electron chi connectivity index (χ2n) is 9.92. The average Bonchev–Trinajstić information content (AvgIpc) is 2.79. The van der Waals surface area contributed by atoms with Gasteiger partial charge in [-0.1, -0.05) is 23.7 Å². The first-order valence-electron chi connectivity index (χ1n) is 11.8. The van der Waals surface area contributed by atoms with Gasteiger partial charge < -0.3 is 15.5 Å². The molecule has 1 aromatic heterocycles. The predicted molar refractivity (Wildman–Crippen MR) is 125 cm³/mol. The van der Waals surface area contributed by atoms with Crippen LogP contribution in [0.4, 0.5) is 4.39 Å². The molecule has 2 saturated carbocycles. The maximum absolute atomic E-state index is 13.6. The molecule has 174 valence electrons. The van der Waals surface area contributed by atoms with E-state index in [4.69, 9.17) is 11.6 Å². The average molecular weight is 461 g/mol. The monoisotopic (exact) mass is 460 g/mol. The second kappa shape index (κ2) is 9.76. The smallest absolute Gasteiger partial charge is 0.141 e. The van der Waals surface area contributed by atoms with Crippen LogP contribution in [0, 0.1) is 18.2 Å². The fourth-order valence-electron chi connectivity index (χ4n) is 5.93. The van der Waals surface area contributed by atoms with Crippen molar-refractivity contribution in [1.29, 1.82) is 0 Å². The molecule has 2 aromatic rings. The van der Waals surface area contributed by atoms with Gasteiger partial charge >= 0.3 is 0 Å². The van der Waals surface area contributed by atoms with Crippen molar-refractivity contribution < 1.29 is 14.6 Å². The Morgan fingerprint density at radius 2 is 1.91 bits per heavy atom. The van der Waals surface area contributed by atoms with Crippen LogP contribution in [0.2, 0.25) is 5.02 Å². The molecule has 2 aliphatic rings. The molecule has 0 amide bonds. The third-order valence-corrected chi connectivity index (χ3v) is 8.40. The van der Waals surface area contributed by atoms with Gasteiger partial charge in [-0.15, -0.1) is 0 Å². The van der Waals surface area contributed by atoms with E-state index in [9.17, 15) is 14.6 Å². The van der Waals surface area contributed by atoms with Crippen molar-refractivity contribution in [2.75, 3.05) is 6.54 Å². The summed E-state index contributed by atoms with van der Waals surface area (Å²) in [6, 6.07) is 9.28. The molecule has 1 heterocycles. The molecule has 4 rings (SSSR count). The molecule has 4 nitrogen and oxygen atoms in total. The first kappa shape index (κ1) is 23.6. The standard InChI is InChI=1S/C26H34ClFN2O2/c1-18-19(3-2-4-22(18)27)15-29-14-13-25(23-6-5-20(28)16-30-23)12-9-24(32)26(17-25)10-7-21(31)8-11-26/h2-6,16,21,24,29,31-32H,7-15,17H2,1H3. The fraction of sp³-hybridized carbons (Fsp3) is 0.577. The Morgan fingerprint density at radius 1 is 1.12 bits per heavy atom. The SMILES string of the molecule is Cc1c(Cl)cccc1CNCCC1(c2ccc(F)cn2)CCC(O)C2(CCC(O)CC2)C1. The number of pyridine rings is 1. The Hall–Kier alpha value is -1.53. The lowest BCUT2D eigenvalue weighted by Crippen LogP contribution is -2.51. The lowest BCUT2D eigenvalue weighted by atomic mass is 9.54. The van der Waals surface area contributed by atoms with Crippen molar-refractivity contribution in [3.63, 3.8) is 0 Å². The number of nitrogens with one attached hydrogen (secondary N) is 1. The number of aliphatic hydroxyl groups excluding tert-OH is 2. The van der Waals surface area contributed by atoms with E-state index in [1.165, 1.54) is 17.8 Å². The Labute approximate surface area is 195 Å². The molecular formula is C26H34ClFN2O2.